The van der Waals surface area contributed by atoms with E-state index < -0.39 is 0 Å². The van der Waals surface area contributed by atoms with E-state index in [0.29, 0.717) is 13.1 Å². The number of guanidine groups is 1. The molecule has 1 aromatic heterocycles. The molecule has 7 nitrogen and oxygen atoms in total. The molecule has 1 aromatic carbocycles. The molecule has 0 fully saturated rings. The van der Waals surface area contributed by atoms with Gasteiger partial charge in [0.1, 0.15) is 30.5 Å². The maximum atomic E-state index is 5.97. The Labute approximate surface area is 143 Å². The van der Waals surface area contributed by atoms with Crippen molar-refractivity contribution in [1.82, 2.24) is 25.4 Å². The van der Waals surface area contributed by atoms with Crippen molar-refractivity contribution in [2.45, 2.75) is 33.4 Å². The van der Waals surface area contributed by atoms with Crippen molar-refractivity contribution in [2.75, 3.05) is 13.1 Å². The summed E-state index contributed by atoms with van der Waals surface area (Å²) >= 11 is 0. The van der Waals surface area contributed by atoms with Gasteiger partial charge in [-0.05, 0) is 32.4 Å². The molecule has 0 aliphatic heterocycles. The summed E-state index contributed by atoms with van der Waals surface area (Å²) in [6.07, 6.45) is 1.55. The fraction of sp³-hybridized carbons (Fsp3) is 0.471. The zero-order valence-electron chi connectivity index (χ0n) is 14.8. The zero-order valence-corrected chi connectivity index (χ0v) is 14.8. The molecule has 0 radical (unpaired) electrons. The first-order valence-corrected chi connectivity index (χ1v) is 8.17. The molecule has 0 aliphatic carbocycles. The number of hydrogen-bond donors (Lipinski definition) is 2. The number of nitrogens with zero attached hydrogens (tertiary/aromatic N) is 4. The van der Waals surface area contributed by atoms with Gasteiger partial charge in [0.15, 0.2) is 5.96 Å². The van der Waals surface area contributed by atoms with E-state index in [0.717, 1.165) is 29.6 Å². The van der Waals surface area contributed by atoms with Gasteiger partial charge in [0.25, 0.3) is 0 Å². The molecule has 7 heteroatoms. The summed E-state index contributed by atoms with van der Waals surface area (Å²) in [5, 5.41) is 10.6. The average Bonchev–Trinajstić information content (AvgIpc) is 2.97. The summed E-state index contributed by atoms with van der Waals surface area (Å²) < 4.78 is 7.69. The van der Waals surface area contributed by atoms with Gasteiger partial charge >= 0.3 is 0 Å². The average molecular weight is 330 g/mol. The molecular weight excluding hydrogens is 304 g/mol. The zero-order chi connectivity index (χ0) is 17.4. The smallest absolute Gasteiger partial charge is 0.191 e. The highest BCUT2D eigenvalue weighted by Crippen LogP contribution is 2.17. The van der Waals surface area contributed by atoms with Crippen LogP contribution in [0.4, 0.5) is 0 Å². The second-order valence-electron chi connectivity index (χ2n) is 5.57. The second kappa shape index (κ2) is 8.90. The highest BCUT2D eigenvalue weighted by Gasteiger charge is 2.07. The summed E-state index contributed by atoms with van der Waals surface area (Å²) in [7, 11) is 1.86. The van der Waals surface area contributed by atoms with Crippen LogP contribution in [0.2, 0.25) is 0 Å². The third-order valence-electron chi connectivity index (χ3n) is 3.51. The van der Waals surface area contributed by atoms with Crippen LogP contribution in [0.25, 0.3) is 0 Å². The first-order valence-electron chi connectivity index (χ1n) is 8.17. The Morgan fingerprint density at radius 3 is 2.79 bits per heavy atom. The maximum Gasteiger partial charge on any atom is 0.191 e. The third-order valence-corrected chi connectivity index (χ3v) is 3.51. The Morgan fingerprint density at radius 1 is 1.33 bits per heavy atom. The largest absolute Gasteiger partial charge is 0.489 e. The number of benzene rings is 1. The van der Waals surface area contributed by atoms with Gasteiger partial charge in [-0.2, -0.15) is 5.10 Å². The lowest BCUT2D eigenvalue weighted by atomic mass is 10.2. The SMILES string of the molecule is CCNC(=NCc1ncnn1C)NCC(C)Oc1ccccc1C. The van der Waals surface area contributed by atoms with E-state index in [-0.39, 0.29) is 6.10 Å². The number of para-hydroxylation sites is 1. The summed E-state index contributed by atoms with van der Waals surface area (Å²) in [6.45, 7) is 8.02. The molecule has 0 saturated carbocycles. The van der Waals surface area contributed by atoms with Crippen LogP contribution in [0.15, 0.2) is 35.6 Å². The van der Waals surface area contributed by atoms with E-state index in [1.165, 1.54) is 6.33 Å². The van der Waals surface area contributed by atoms with Crippen molar-refractivity contribution >= 4 is 5.96 Å². The van der Waals surface area contributed by atoms with Gasteiger partial charge in [-0.3, -0.25) is 4.68 Å². The molecule has 0 saturated heterocycles. The van der Waals surface area contributed by atoms with Crippen LogP contribution in [0.3, 0.4) is 0 Å². The van der Waals surface area contributed by atoms with Crippen molar-refractivity contribution in [3.8, 4) is 5.75 Å². The molecule has 0 spiro atoms. The van der Waals surface area contributed by atoms with Crippen LogP contribution in [-0.4, -0.2) is 39.9 Å². The maximum absolute atomic E-state index is 5.97. The summed E-state index contributed by atoms with van der Waals surface area (Å²) in [5.41, 5.74) is 1.13. The van der Waals surface area contributed by atoms with E-state index in [4.69, 9.17) is 4.74 Å². The minimum absolute atomic E-state index is 0.0183. The van der Waals surface area contributed by atoms with Gasteiger partial charge in [-0.25, -0.2) is 9.98 Å². The van der Waals surface area contributed by atoms with Crippen LogP contribution >= 0.6 is 0 Å². The number of nitrogens with one attached hydrogen (secondary N) is 2. The highest BCUT2D eigenvalue weighted by atomic mass is 16.5. The van der Waals surface area contributed by atoms with Crippen molar-refractivity contribution in [2.24, 2.45) is 12.0 Å². The van der Waals surface area contributed by atoms with Gasteiger partial charge in [0, 0.05) is 13.6 Å². The Balaban J connectivity index is 1.88. The Kier molecular flexibility index (Phi) is 6.60. The molecule has 0 bridgehead atoms. The lowest BCUT2D eigenvalue weighted by Gasteiger charge is -2.18. The van der Waals surface area contributed by atoms with Gasteiger partial charge < -0.3 is 15.4 Å². The molecule has 0 aliphatic rings. The quantitative estimate of drug-likeness (QED) is 0.596. The first-order chi connectivity index (χ1) is 11.6. The number of ether oxygens (including phenoxy) is 1. The molecule has 2 rings (SSSR count). The number of aromatic nitrogens is 3. The van der Waals surface area contributed by atoms with Gasteiger partial charge in [0.2, 0.25) is 0 Å². The van der Waals surface area contributed by atoms with E-state index in [1.54, 1.807) is 4.68 Å². The molecule has 0 amide bonds. The van der Waals surface area contributed by atoms with Gasteiger partial charge in [-0.15, -0.1) is 0 Å². The molecule has 1 heterocycles. The third kappa shape index (κ3) is 5.26. The number of hydrogen-bond acceptors (Lipinski definition) is 4. The number of aryl methyl sites for hydroxylation is 2. The van der Waals surface area contributed by atoms with Crippen LogP contribution in [0.1, 0.15) is 25.2 Å². The van der Waals surface area contributed by atoms with Crippen LogP contribution < -0.4 is 15.4 Å². The monoisotopic (exact) mass is 330 g/mol. The second-order valence-corrected chi connectivity index (χ2v) is 5.57. The summed E-state index contributed by atoms with van der Waals surface area (Å²) in [4.78, 5) is 8.70. The predicted molar refractivity (Wildman–Crippen MR) is 95.1 cm³/mol. The van der Waals surface area contributed by atoms with Crippen molar-refractivity contribution in [3.05, 3.63) is 42.0 Å². The summed E-state index contributed by atoms with van der Waals surface area (Å²) in [5.74, 6) is 2.46. The van der Waals surface area contributed by atoms with Crippen molar-refractivity contribution in [1.29, 1.82) is 0 Å². The topological polar surface area (TPSA) is 76.4 Å². The summed E-state index contributed by atoms with van der Waals surface area (Å²) in [6, 6.07) is 8.02. The van der Waals surface area contributed by atoms with E-state index in [9.17, 15) is 0 Å². The molecule has 130 valence electrons. The highest BCUT2D eigenvalue weighted by molar-refractivity contribution is 5.79. The van der Waals surface area contributed by atoms with Crippen molar-refractivity contribution < 1.29 is 4.74 Å². The van der Waals surface area contributed by atoms with Crippen molar-refractivity contribution in [3.63, 3.8) is 0 Å². The predicted octanol–water partition coefficient (Wildman–Crippen LogP) is 1.65. The van der Waals surface area contributed by atoms with Crippen LogP contribution in [0.5, 0.6) is 5.75 Å². The normalized spacial score (nSPS) is 12.8. The molecule has 1 unspecified atom stereocenters. The standard InChI is InChI=1S/C17H26N6O/c1-5-18-17(20-11-16-21-12-22-23(16)4)19-10-14(3)24-15-9-7-6-8-13(15)2/h6-9,12,14H,5,10-11H2,1-4H3,(H2,18,19,20). The van der Waals surface area contributed by atoms with E-state index in [2.05, 4.69) is 25.7 Å². The number of aliphatic imine (C=N–C) groups is 1. The fourth-order valence-electron chi connectivity index (χ4n) is 2.14. The van der Waals surface area contributed by atoms with E-state index >= 15 is 0 Å². The lowest BCUT2D eigenvalue weighted by molar-refractivity contribution is 0.222. The van der Waals surface area contributed by atoms with E-state index in [1.807, 2.05) is 52.1 Å². The van der Waals surface area contributed by atoms with Crippen LogP contribution in [0, 0.1) is 6.92 Å². The van der Waals surface area contributed by atoms with Gasteiger partial charge in [-0.1, -0.05) is 18.2 Å². The molecular formula is C17H26N6O. The Hall–Kier alpha value is -2.57. The first kappa shape index (κ1) is 17.8. The minimum atomic E-state index is 0.0183. The molecule has 24 heavy (non-hydrogen) atoms. The lowest BCUT2D eigenvalue weighted by Crippen LogP contribution is -2.41. The molecule has 2 N–H and O–H groups in total. The van der Waals surface area contributed by atoms with Gasteiger partial charge in [0.05, 0.1) is 6.54 Å². The molecule has 2 aromatic rings. The Morgan fingerprint density at radius 2 is 2.12 bits per heavy atom. The Bertz CT molecular complexity index is 667. The van der Waals surface area contributed by atoms with Crippen LogP contribution in [-0.2, 0) is 13.6 Å². The number of rotatable bonds is 7. The fourth-order valence-corrected chi connectivity index (χ4v) is 2.14. The minimum Gasteiger partial charge on any atom is -0.489 e. The molecule has 1 atom stereocenters.